The van der Waals surface area contributed by atoms with Gasteiger partial charge in [0.1, 0.15) is 0 Å². The van der Waals surface area contributed by atoms with E-state index in [0.29, 0.717) is 27.1 Å². The summed E-state index contributed by atoms with van der Waals surface area (Å²) in [7, 11) is 0. The predicted molar refractivity (Wildman–Crippen MR) is 66.7 cm³/mol. The normalized spacial score (nSPS) is 53.8. The Morgan fingerprint density at radius 1 is 0.667 bits per heavy atom. The summed E-state index contributed by atoms with van der Waals surface area (Å²) < 4.78 is 0. The van der Waals surface area contributed by atoms with Crippen LogP contribution in [-0.4, -0.2) is 0 Å². The molecule has 0 aromatic heterocycles. The highest BCUT2D eigenvalue weighted by molar-refractivity contribution is 5.35. The van der Waals surface area contributed by atoms with Gasteiger partial charge in [-0.2, -0.15) is 0 Å². The van der Waals surface area contributed by atoms with E-state index in [4.69, 9.17) is 0 Å². The van der Waals surface area contributed by atoms with Gasteiger partial charge in [0.15, 0.2) is 0 Å². The zero-order valence-electron chi connectivity index (χ0n) is 12.1. The molecule has 1 unspecified atom stereocenters. The minimum atomic E-state index is 0.453. The largest absolute Gasteiger partial charge is 0.0614 e. The van der Waals surface area contributed by atoms with Gasteiger partial charge < -0.3 is 0 Å². The van der Waals surface area contributed by atoms with Gasteiger partial charge in [0.2, 0.25) is 0 Å². The number of fused-ring (bicyclic) bond motifs is 1. The molecule has 0 heteroatoms. The first-order valence-electron chi connectivity index (χ1n) is 6.40. The van der Waals surface area contributed by atoms with E-state index in [0.717, 1.165) is 5.92 Å². The second kappa shape index (κ2) is 2.17. The van der Waals surface area contributed by atoms with Crippen LogP contribution in [0.3, 0.4) is 0 Å². The second-order valence-corrected chi connectivity index (χ2v) is 8.02. The van der Waals surface area contributed by atoms with Crippen molar-refractivity contribution in [2.24, 2.45) is 33.0 Å². The average molecular weight is 208 g/mol. The molecule has 0 aliphatic heterocycles. The maximum absolute atomic E-state index is 2.53. The molecule has 3 rings (SSSR count). The summed E-state index contributed by atoms with van der Waals surface area (Å²) in [4.78, 5) is 0. The van der Waals surface area contributed by atoms with Crippen molar-refractivity contribution in [3.63, 3.8) is 0 Å². The van der Waals surface area contributed by atoms with E-state index in [1.165, 1.54) is 0 Å². The van der Waals surface area contributed by atoms with Crippen LogP contribution in [0.15, 0.2) is 0 Å². The Labute approximate surface area is 95.8 Å². The quantitative estimate of drug-likeness (QED) is 0.539. The summed E-state index contributed by atoms with van der Waals surface area (Å²) in [6.45, 7) is 22.5. The Morgan fingerprint density at radius 2 is 1.00 bits per heavy atom. The molecule has 0 radical (unpaired) electrons. The van der Waals surface area contributed by atoms with Gasteiger partial charge in [0, 0.05) is 0 Å². The molecule has 3 aliphatic rings. The Morgan fingerprint density at radius 3 is 1.07 bits per heavy atom. The molecule has 3 aliphatic carbocycles. The van der Waals surface area contributed by atoms with Crippen molar-refractivity contribution in [1.29, 1.82) is 0 Å². The molecule has 0 heterocycles. The Hall–Kier alpha value is 0. The lowest BCUT2D eigenvalue weighted by molar-refractivity contribution is -0.267. The second-order valence-electron chi connectivity index (χ2n) is 8.02. The first kappa shape index (κ1) is 11.5. The van der Waals surface area contributed by atoms with E-state index in [1.807, 2.05) is 0 Å². The van der Waals surface area contributed by atoms with Crippen molar-refractivity contribution in [3.05, 3.63) is 0 Å². The van der Waals surface area contributed by atoms with Gasteiger partial charge >= 0.3 is 0 Å². The van der Waals surface area contributed by atoms with Crippen molar-refractivity contribution < 1.29 is 0 Å². The van der Waals surface area contributed by atoms with Crippen LogP contribution in [0.5, 0.6) is 0 Å². The molecule has 0 N–H and O–H groups in total. The zero-order chi connectivity index (χ0) is 12.1. The molecule has 0 saturated heterocycles. The number of hydrogen-bond acceptors (Lipinski definition) is 0. The molecule has 0 aromatic carbocycles. The fourth-order valence-corrected chi connectivity index (χ4v) is 6.39. The van der Waals surface area contributed by atoms with Gasteiger partial charge in [-0.05, 0) is 33.0 Å². The van der Waals surface area contributed by atoms with Crippen LogP contribution in [0, 0.1) is 33.0 Å². The minimum Gasteiger partial charge on any atom is -0.0614 e. The van der Waals surface area contributed by atoms with Gasteiger partial charge in [-0.15, -0.1) is 0 Å². The Bertz CT molecular complexity index is 287. The third-order valence-corrected chi connectivity index (χ3v) is 8.33. The standard InChI is InChI=1S/C15H28/c1-10-11(2,3)15(9)12(4,5)14(10,8)13(15,6)7/h10H,1-9H3. The van der Waals surface area contributed by atoms with Crippen LogP contribution in [0.25, 0.3) is 0 Å². The van der Waals surface area contributed by atoms with E-state index >= 15 is 0 Å². The molecule has 0 spiro atoms. The first-order valence-corrected chi connectivity index (χ1v) is 6.40. The Balaban J connectivity index is 2.73. The highest BCUT2D eigenvalue weighted by atomic mass is 14.9. The first-order chi connectivity index (χ1) is 6.40. The summed E-state index contributed by atoms with van der Waals surface area (Å²) in [6, 6.07) is 0. The van der Waals surface area contributed by atoms with Crippen molar-refractivity contribution >= 4 is 0 Å². The fraction of sp³-hybridized carbons (Fsp3) is 1.00. The Kier molecular flexibility index (Phi) is 1.66. The van der Waals surface area contributed by atoms with Crippen molar-refractivity contribution in [3.8, 4) is 0 Å². The smallest absolute Gasteiger partial charge is 0.0158 e. The lowest BCUT2D eigenvalue weighted by Crippen LogP contribution is -2.69. The number of rotatable bonds is 0. The van der Waals surface area contributed by atoms with E-state index < -0.39 is 0 Å². The highest BCUT2D eigenvalue weighted by Gasteiger charge is 2.87. The predicted octanol–water partition coefficient (Wildman–Crippen LogP) is 4.74. The van der Waals surface area contributed by atoms with E-state index in [-0.39, 0.29) is 0 Å². The average Bonchev–Trinajstić information content (AvgIpc) is 2.23. The monoisotopic (exact) mass is 208 g/mol. The molecule has 15 heavy (non-hydrogen) atoms. The molecule has 2 bridgehead atoms. The molecule has 1 atom stereocenters. The molecule has 3 saturated carbocycles. The summed E-state index contributed by atoms with van der Waals surface area (Å²) in [5, 5.41) is 0. The zero-order valence-corrected chi connectivity index (χ0v) is 12.1. The van der Waals surface area contributed by atoms with E-state index in [9.17, 15) is 0 Å². The molecule has 88 valence electrons. The summed E-state index contributed by atoms with van der Waals surface area (Å²) in [5.74, 6) is 0.806. The maximum Gasteiger partial charge on any atom is -0.0158 e. The van der Waals surface area contributed by atoms with Crippen LogP contribution in [0.2, 0.25) is 0 Å². The van der Waals surface area contributed by atoms with Crippen LogP contribution < -0.4 is 0 Å². The molecular formula is C15H28. The SMILES string of the molecule is CC1C(C)(C)C2(C)C(C)(C)C1(C)C2(C)C. The van der Waals surface area contributed by atoms with Crippen LogP contribution in [-0.2, 0) is 0 Å². The summed E-state index contributed by atoms with van der Waals surface area (Å²) in [5.41, 5.74) is 2.33. The third-order valence-electron chi connectivity index (χ3n) is 8.33. The van der Waals surface area contributed by atoms with Gasteiger partial charge in [0.05, 0.1) is 0 Å². The molecule has 0 aromatic rings. The lowest BCUT2D eigenvalue weighted by atomic mass is 9.30. The molecule has 0 nitrogen and oxygen atoms in total. The van der Waals surface area contributed by atoms with Crippen molar-refractivity contribution in [2.45, 2.75) is 62.3 Å². The summed E-state index contributed by atoms with van der Waals surface area (Å²) in [6.07, 6.45) is 0. The lowest BCUT2D eigenvalue weighted by Gasteiger charge is -2.74. The van der Waals surface area contributed by atoms with Crippen LogP contribution in [0.4, 0.5) is 0 Å². The maximum atomic E-state index is 2.53. The third kappa shape index (κ3) is 0.620. The van der Waals surface area contributed by atoms with E-state index in [2.05, 4.69) is 62.3 Å². The molecule has 0 amide bonds. The van der Waals surface area contributed by atoms with Crippen LogP contribution in [0.1, 0.15) is 62.3 Å². The molecule has 3 fully saturated rings. The van der Waals surface area contributed by atoms with Crippen molar-refractivity contribution in [2.75, 3.05) is 0 Å². The van der Waals surface area contributed by atoms with E-state index in [1.54, 1.807) is 0 Å². The van der Waals surface area contributed by atoms with Crippen LogP contribution >= 0.6 is 0 Å². The highest BCUT2D eigenvalue weighted by Crippen LogP contribution is 2.92. The van der Waals surface area contributed by atoms with Gasteiger partial charge in [-0.3, -0.25) is 0 Å². The van der Waals surface area contributed by atoms with Gasteiger partial charge in [0.25, 0.3) is 0 Å². The van der Waals surface area contributed by atoms with Gasteiger partial charge in [-0.1, -0.05) is 62.3 Å². The molecular weight excluding hydrogens is 180 g/mol. The van der Waals surface area contributed by atoms with Crippen molar-refractivity contribution in [1.82, 2.24) is 0 Å². The fourth-order valence-electron chi connectivity index (χ4n) is 6.39. The topological polar surface area (TPSA) is 0 Å². The van der Waals surface area contributed by atoms with Gasteiger partial charge in [-0.25, -0.2) is 0 Å². The number of hydrogen-bond donors (Lipinski definition) is 0. The summed E-state index contributed by atoms with van der Waals surface area (Å²) >= 11 is 0. The minimum absolute atomic E-state index is 0.453.